The van der Waals surface area contributed by atoms with E-state index in [2.05, 4.69) is 24.0 Å². The van der Waals surface area contributed by atoms with Crippen LogP contribution in [0.5, 0.6) is 11.5 Å². The molecule has 1 aliphatic heterocycles. The van der Waals surface area contributed by atoms with Crippen LogP contribution in [0, 0.1) is 5.92 Å². The smallest absolute Gasteiger partial charge is 0.160 e. The van der Waals surface area contributed by atoms with Gasteiger partial charge in [0, 0.05) is 0 Å². The van der Waals surface area contributed by atoms with Crippen molar-refractivity contribution in [2.24, 2.45) is 5.92 Å². The lowest BCUT2D eigenvalue weighted by molar-refractivity contribution is 0.192. The number of methoxy groups -OCH3 is 2. The molecule has 19 heavy (non-hydrogen) atoms. The number of ether oxygens (including phenoxy) is 2. The van der Waals surface area contributed by atoms with E-state index < -0.39 is 0 Å². The van der Waals surface area contributed by atoms with Crippen LogP contribution in [0.2, 0.25) is 0 Å². The normalized spacial score (nSPS) is 17.4. The Morgan fingerprint density at radius 2 is 1.79 bits per heavy atom. The average molecular weight is 263 g/mol. The summed E-state index contributed by atoms with van der Waals surface area (Å²) in [7, 11) is 3.37. The Hall–Kier alpha value is -1.22. The van der Waals surface area contributed by atoms with Crippen molar-refractivity contribution in [3.05, 3.63) is 23.8 Å². The SMILES string of the molecule is CCN1CCC(Cc2ccc(OC)c(OC)c2)CC1. The Morgan fingerprint density at radius 1 is 1.11 bits per heavy atom. The molecular formula is C16H25NO2. The molecule has 3 nitrogen and oxygen atoms in total. The second kappa shape index (κ2) is 6.80. The van der Waals surface area contributed by atoms with E-state index in [9.17, 15) is 0 Å². The zero-order valence-electron chi connectivity index (χ0n) is 12.3. The van der Waals surface area contributed by atoms with Gasteiger partial charge in [0.1, 0.15) is 0 Å². The minimum atomic E-state index is 0.806. The van der Waals surface area contributed by atoms with Crippen LogP contribution < -0.4 is 9.47 Å². The van der Waals surface area contributed by atoms with Crippen LogP contribution in [0.4, 0.5) is 0 Å². The van der Waals surface area contributed by atoms with Crippen molar-refractivity contribution in [3.8, 4) is 11.5 Å². The predicted molar refractivity (Wildman–Crippen MR) is 78.1 cm³/mol. The largest absolute Gasteiger partial charge is 0.493 e. The summed E-state index contributed by atoms with van der Waals surface area (Å²) in [6, 6.07) is 6.29. The van der Waals surface area contributed by atoms with E-state index in [0.717, 1.165) is 23.8 Å². The molecule has 1 aliphatic rings. The van der Waals surface area contributed by atoms with Gasteiger partial charge in [-0.15, -0.1) is 0 Å². The minimum absolute atomic E-state index is 0.806. The molecule has 0 N–H and O–H groups in total. The maximum atomic E-state index is 5.37. The first-order chi connectivity index (χ1) is 9.26. The molecular weight excluding hydrogens is 238 g/mol. The first-order valence-corrected chi connectivity index (χ1v) is 7.20. The highest BCUT2D eigenvalue weighted by Crippen LogP contribution is 2.30. The van der Waals surface area contributed by atoms with Crippen LogP contribution in [-0.2, 0) is 6.42 Å². The fourth-order valence-electron chi connectivity index (χ4n) is 2.85. The van der Waals surface area contributed by atoms with Gasteiger partial charge in [0.2, 0.25) is 0 Å². The van der Waals surface area contributed by atoms with Gasteiger partial charge in [0.25, 0.3) is 0 Å². The lowest BCUT2D eigenvalue weighted by Crippen LogP contribution is -2.34. The monoisotopic (exact) mass is 263 g/mol. The zero-order valence-corrected chi connectivity index (χ0v) is 12.3. The first kappa shape index (κ1) is 14.2. The number of hydrogen-bond acceptors (Lipinski definition) is 3. The lowest BCUT2D eigenvalue weighted by Gasteiger charge is -2.31. The average Bonchev–Trinajstić information content (AvgIpc) is 2.48. The second-order valence-electron chi connectivity index (χ2n) is 5.27. The highest BCUT2D eigenvalue weighted by Gasteiger charge is 2.18. The van der Waals surface area contributed by atoms with Gasteiger partial charge < -0.3 is 14.4 Å². The van der Waals surface area contributed by atoms with E-state index in [-0.39, 0.29) is 0 Å². The van der Waals surface area contributed by atoms with Crippen molar-refractivity contribution < 1.29 is 9.47 Å². The van der Waals surface area contributed by atoms with Crippen LogP contribution in [0.3, 0.4) is 0 Å². The quantitative estimate of drug-likeness (QED) is 0.815. The molecule has 0 amide bonds. The zero-order chi connectivity index (χ0) is 13.7. The summed E-state index contributed by atoms with van der Waals surface area (Å²) < 4.78 is 10.6. The van der Waals surface area contributed by atoms with E-state index in [1.54, 1.807) is 14.2 Å². The Kier molecular flexibility index (Phi) is 5.08. The summed E-state index contributed by atoms with van der Waals surface area (Å²) >= 11 is 0. The Morgan fingerprint density at radius 3 is 2.37 bits per heavy atom. The summed E-state index contributed by atoms with van der Waals surface area (Å²) in [6.45, 7) is 5.92. The number of hydrogen-bond donors (Lipinski definition) is 0. The van der Waals surface area contributed by atoms with Gasteiger partial charge in [0.05, 0.1) is 14.2 Å². The molecule has 0 bridgehead atoms. The Bertz CT molecular complexity index is 398. The third kappa shape index (κ3) is 3.63. The number of benzene rings is 1. The predicted octanol–water partition coefficient (Wildman–Crippen LogP) is 2.98. The topological polar surface area (TPSA) is 21.7 Å². The second-order valence-corrected chi connectivity index (χ2v) is 5.27. The van der Waals surface area contributed by atoms with Gasteiger partial charge in [0.15, 0.2) is 11.5 Å². The van der Waals surface area contributed by atoms with Gasteiger partial charge >= 0.3 is 0 Å². The molecule has 0 spiro atoms. The van der Waals surface area contributed by atoms with Crippen molar-refractivity contribution in [1.82, 2.24) is 4.90 Å². The van der Waals surface area contributed by atoms with E-state index in [1.807, 2.05) is 6.07 Å². The third-order valence-corrected chi connectivity index (χ3v) is 4.13. The third-order valence-electron chi connectivity index (χ3n) is 4.13. The summed E-state index contributed by atoms with van der Waals surface area (Å²) in [6.07, 6.45) is 3.77. The molecule has 0 atom stereocenters. The van der Waals surface area contributed by atoms with Crippen molar-refractivity contribution >= 4 is 0 Å². The van der Waals surface area contributed by atoms with Gasteiger partial charge in [-0.3, -0.25) is 0 Å². The van der Waals surface area contributed by atoms with Crippen LogP contribution in [0.25, 0.3) is 0 Å². The lowest BCUT2D eigenvalue weighted by atomic mass is 9.90. The Balaban J connectivity index is 1.96. The molecule has 3 heteroatoms. The van der Waals surface area contributed by atoms with Crippen LogP contribution in [0.15, 0.2) is 18.2 Å². The first-order valence-electron chi connectivity index (χ1n) is 7.20. The van der Waals surface area contributed by atoms with E-state index in [0.29, 0.717) is 0 Å². The molecule has 1 saturated heterocycles. The van der Waals surface area contributed by atoms with Gasteiger partial charge in [-0.25, -0.2) is 0 Å². The van der Waals surface area contributed by atoms with Crippen molar-refractivity contribution in [2.45, 2.75) is 26.2 Å². The molecule has 2 rings (SSSR count). The standard InChI is InChI=1S/C16H25NO2/c1-4-17-9-7-13(8-10-17)11-14-5-6-15(18-2)16(12-14)19-3/h5-6,12-13H,4,7-11H2,1-3H3. The number of piperidine rings is 1. The van der Waals surface area contributed by atoms with Crippen molar-refractivity contribution in [2.75, 3.05) is 33.9 Å². The van der Waals surface area contributed by atoms with Crippen molar-refractivity contribution in [3.63, 3.8) is 0 Å². The highest BCUT2D eigenvalue weighted by atomic mass is 16.5. The molecule has 1 fully saturated rings. The summed E-state index contributed by atoms with van der Waals surface area (Å²) in [5.74, 6) is 2.46. The number of nitrogens with zero attached hydrogens (tertiary/aromatic N) is 1. The molecule has 0 radical (unpaired) electrons. The molecule has 0 saturated carbocycles. The summed E-state index contributed by atoms with van der Waals surface area (Å²) in [4.78, 5) is 2.53. The van der Waals surface area contributed by atoms with Crippen LogP contribution >= 0.6 is 0 Å². The maximum absolute atomic E-state index is 5.37. The molecule has 1 heterocycles. The molecule has 106 valence electrons. The highest BCUT2D eigenvalue weighted by molar-refractivity contribution is 5.43. The molecule has 0 aromatic heterocycles. The minimum Gasteiger partial charge on any atom is -0.493 e. The molecule has 0 aliphatic carbocycles. The summed E-state index contributed by atoms with van der Waals surface area (Å²) in [5.41, 5.74) is 1.35. The molecule has 1 aromatic rings. The van der Waals surface area contributed by atoms with Crippen molar-refractivity contribution in [1.29, 1.82) is 0 Å². The molecule has 1 aromatic carbocycles. The summed E-state index contributed by atoms with van der Waals surface area (Å²) in [5, 5.41) is 0. The maximum Gasteiger partial charge on any atom is 0.160 e. The fraction of sp³-hybridized carbons (Fsp3) is 0.625. The Labute approximate surface area is 116 Å². The van der Waals surface area contributed by atoms with Crippen LogP contribution in [-0.4, -0.2) is 38.8 Å². The number of likely N-dealkylation sites (tertiary alicyclic amines) is 1. The van der Waals surface area contributed by atoms with Gasteiger partial charge in [-0.1, -0.05) is 13.0 Å². The van der Waals surface area contributed by atoms with Gasteiger partial charge in [-0.05, 0) is 62.5 Å². The van der Waals surface area contributed by atoms with E-state index in [1.165, 1.54) is 38.0 Å². The molecule has 0 unspecified atom stereocenters. The van der Waals surface area contributed by atoms with Gasteiger partial charge in [-0.2, -0.15) is 0 Å². The van der Waals surface area contributed by atoms with Crippen LogP contribution in [0.1, 0.15) is 25.3 Å². The van der Waals surface area contributed by atoms with E-state index in [4.69, 9.17) is 9.47 Å². The van der Waals surface area contributed by atoms with E-state index >= 15 is 0 Å². The fourth-order valence-corrected chi connectivity index (χ4v) is 2.85. The number of rotatable bonds is 5.